The molecule has 0 saturated heterocycles. The molecule has 2 aromatic rings. The predicted octanol–water partition coefficient (Wildman–Crippen LogP) is 0.474. The maximum absolute atomic E-state index is 12.1. The third kappa shape index (κ3) is 2.75. The lowest BCUT2D eigenvalue weighted by atomic mass is 10.3. The standard InChI is InChI=1S/C12H13N3O4S/c1-15-7-8(2-5-12(15)17)14-20(18,19)9-3-4-11(16)10(13)6-9/h2-7,14,16H,13H2,1H3. The number of phenolic OH excluding ortho intramolecular Hbond substituents is 1. The van der Waals surface area contributed by atoms with Crippen LogP contribution < -0.4 is 16.0 Å². The summed E-state index contributed by atoms with van der Waals surface area (Å²) in [7, 11) is -2.33. The first kappa shape index (κ1) is 13.9. The molecule has 1 aromatic heterocycles. The van der Waals surface area contributed by atoms with Gasteiger partial charge in [0.15, 0.2) is 0 Å². The highest BCUT2D eigenvalue weighted by molar-refractivity contribution is 7.92. The number of aryl methyl sites for hydroxylation is 1. The van der Waals surface area contributed by atoms with Crippen LogP contribution in [0.4, 0.5) is 11.4 Å². The van der Waals surface area contributed by atoms with Crippen LogP contribution in [0.1, 0.15) is 0 Å². The zero-order chi connectivity index (χ0) is 14.9. The van der Waals surface area contributed by atoms with Crippen molar-refractivity contribution in [2.24, 2.45) is 7.05 Å². The van der Waals surface area contributed by atoms with Crippen molar-refractivity contribution in [3.8, 4) is 5.75 Å². The summed E-state index contributed by atoms with van der Waals surface area (Å²) in [5.74, 6) is -0.189. The molecule has 2 rings (SSSR count). The second-order valence-electron chi connectivity index (χ2n) is 4.19. The van der Waals surface area contributed by atoms with Crippen LogP contribution in [-0.2, 0) is 17.1 Å². The fourth-order valence-electron chi connectivity index (χ4n) is 1.57. The van der Waals surface area contributed by atoms with Crippen LogP contribution in [0.5, 0.6) is 5.75 Å². The lowest BCUT2D eigenvalue weighted by Gasteiger charge is -2.10. The first-order valence-electron chi connectivity index (χ1n) is 5.57. The number of sulfonamides is 1. The molecule has 0 atom stereocenters. The molecule has 0 aliphatic rings. The highest BCUT2D eigenvalue weighted by atomic mass is 32.2. The molecule has 0 bridgehead atoms. The summed E-state index contributed by atoms with van der Waals surface area (Å²) in [6.45, 7) is 0. The number of hydrogen-bond donors (Lipinski definition) is 3. The first-order valence-corrected chi connectivity index (χ1v) is 7.06. The molecule has 1 aromatic carbocycles. The summed E-state index contributed by atoms with van der Waals surface area (Å²) >= 11 is 0. The Kier molecular flexibility index (Phi) is 3.41. The lowest BCUT2D eigenvalue weighted by Crippen LogP contribution is -2.18. The van der Waals surface area contributed by atoms with Crippen molar-refractivity contribution in [2.45, 2.75) is 4.90 Å². The van der Waals surface area contributed by atoms with Gasteiger partial charge in [0, 0.05) is 19.3 Å². The molecule has 0 spiro atoms. The van der Waals surface area contributed by atoms with Crippen LogP contribution in [-0.4, -0.2) is 18.1 Å². The Morgan fingerprint density at radius 3 is 2.55 bits per heavy atom. The van der Waals surface area contributed by atoms with Gasteiger partial charge in [-0.15, -0.1) is 0 Å². The zero-order valence-corrected chi connectivity index (χ0v) is 11.4. The first-order chi connectivity index (χ1) is 9.29. The molecule has 106 valence electrons. The number of aromatic nitrogens is 1. The van der Waals surface area contributed by atoms with E-state index in [1.807, 2.05) is 0 Å². The molecule has 0 aliphatic carbocycles. The molecule has 4 N–H and O–H groups in total. The van der Waals surface area contributed by atoms with E-state index in [2.05, 4.69) is 4.72 Å². The number of rotatable bonds is 3. The zero-order valence-electron chi connectivity index (χ0n) is 10.6. The smallest absolute Gasteiger partial charge is 0.262 e. The van der Waals surface area contributed by atoms with Gasteiger partial charge in [0.2, 0.25) is 5.56 Å². The van der Waals surface area contributed by atoms with Crippen molar-refractivity contribution < 1.29 is 13.5 Å². The number of nitrogens with two attached hydrogens (primary N) is 1. The van der Waals surface area contributed by atoms with Gasteiger partial charge in [-0.25, -0.2) is 8.42 Å². The van der Waals surface area contributed by atoms with Gasteiger partial charge in [-0.1, -0.05) is 0 Å². The van der Waals surface area contributed by atoms with Crippen molar-refractivity contribution in [3.63, 3.8) is 0 Å². The van der Waals surface area contributed by atoms with Gasteiger partial charge in [0.05, 0.1) is 16.3 Å². The van der Waals surface area contributed by atoms with E-state index in [1.165, 1.54) is 42.1 Å². The number of nitrogen functional groups attached to an aromatic ring is 1. The van der Waals surface area contributed by atoms with Crippen LogP contribution in [0.3, 0.4) is 0 Å². The molecule has 1 heterocycles. The Morgan fingerprint density at radius 2 is 1.95 bits per heavy atom. The van der Waals surface area contributed by atoms with E-state index in [4.69, 9.17) is 5.73 Å². The average molecular weight is 295 g/mol. The van der Waals surface area contributed by atoms with Crippen molar-refractivity contribution >= 4 is 21.4 Å². The molecule has 7 nitrogen and oxygen atoms in total. The Bertz CT molecular complexity index is 812. The molecule has 0 unspecified atom stereocenters. The summed E-state index contributed by atoms with van der Waals surface area (Å²) < 4.78 is 27.8. The van der Waals surface area contributed by atoms with Crippen LogP contribution in [0.15, 0.2) is 46.2 Å². The molecule has 20 heavy (non-hydrogen) atoms. The Balaban J connectivity index is 2.37. The number of anilines is 2. The van der Waals surface area contributed by atoms with Crippen LogP contribution >= 0.6 is 0 Å². The van der Waals surface area contributed by atoms with Crippen LogP contribution in [0, 0.1) is 0 Å². The van der Waals surface area contributed by atoms with Gasteiger partial charge in [-0.05, 0) is 24.3 Å². The molecule has 0 aliphatic heterocycles. The van der Waals surface area contributed by atoms with Crippen LogP contribution in [0.25, 0.3) is 0 Å². The normalized spacial score (nSPS) is 11.2. The largest absolute Gasteiger partial charge is 0.506 e. The van der Waals surface area contributed by atoms with Crippen molar-refractivity contribution in [2.75, 3.05) is 10.5 Å². The summed E-state index contributed by atoms with van der Waals surface area (Å²) in [5, 5.41) is 9.29. The summed E-state index contributed by atoms with van der Waals surface area (Å²) in [6, 6.07) is 6.20. The van der Waals surface area contributed by atoms with Gasteiger partial charge in [0.25, 0.3) is 10.0 Å². The highest BCUT2D eigenvalue weighted by Gasteiger charge is 2.15. The fraction of sp³-hybridized carbons (Fsp3) is 0.0833. The monoisotopic (exact) mass is 295 g/mol. The van der Waals surface area contributed by atoms with E-state index in [0.717, 1.165) is 6.07 Å². The lowest BCUT2D eigenvalue weighted by molar-refractivity contribution is 0.477. The van der Waals surface area contributed by atoms with E-state index in [-0.39, 0.29) is 27.6 Å². The van der Waals surface area contributed by atoms with Gasteiger partial charge in [-0.3, -0.25) is 9.52 Å². The SMILES string of the molecule is Cn1cc(NS(=O)(=O)c2ccc(O)c(N)c2)ccc1=O. The van der Waals surface area contributed by atoms with Gasteiger partial charge < -0.3 is 15.4 Å². The summed E-state index contributed by atoms with van der Waals surface area (Å²) in [4.78, 5) is 11.1. The molecule has 0 fully saturated rings. The Morgan fingerprint density at radius 1 is 1.25 bits per heavy atom. The number of nitrogens with one attached hydrogen (secondary N) is 1. The minimum Gasteiger partial charge on any atom is -0.506 e. The predicted molar refractivity (Wildman–Crippen MR) is 75.0 cm³/mol. The number of benzene rings is 1. The number of aromatic hydroxyl groups is 1. The quantitative estimate of drug-likeness (QED) is 0.562. The van der Waals surface area contributed by atoms with Crippen molar-refractivity contribution in [1.82, 2.24) is 4.57 Å². The molecule has 0 saturated carbocycles. The van der Waals surface area contributed by atoms with Crippen LogP contribution in [0.2, 0.25) is 0 Å². The van der Waals surface area contributed by atoms with E-state index >= 15 is 0 Å². The molecule has 8 heteroatoms. The van der Waals surface area contributed by atoms with E-state index in [1.54, 1.807) is 0 Å². The van der Waals surface area contributed by atoms with E-state index in [0.29, 0.717) is 0 Å². The summed E-state index contributed by atoms with van der Waals surface area (Å²) in [6.07, 6.45) is 1.36. The topological polar surface area (TPSA) is 114 Å². The number of nitrogens with zero attached hydrogens (tertiary/aromatic N) is 1. The highest BCUT2D eigenvalue weighted by Crippen LogP contribution is 2.24. The number of hydrogen-bond acceptors (Lipinski definition) is 5. The Hall–Kier alpha value is -2.48. The maximum Gasteiger partial charge on any atom is 0.262 e. The molecule has 0 amide bonds. The van der Waals surface area contributed by atoms with E-state index in [9.17, 15) is 18.3 Å². The third-order valence-corrected chi connectivity index (χ3v) is 4.03. The van der Waals surface area contributed by atoms with Gasteiger partial charge >= 0.3 is 0 Å². The second kappa shape index (κ2) is 4.89. The average Bonchev–Trinajstić information content (AvgIpc) is 2.37. The molecular formula is C12H13N3O4S. The van der Waals surface area contributed by atoms with Gasteiger partial charge in [-0.2, -0.15) is 0 Å². The maximum atomic E-state index is 12.1. The number of phenols is 1. The second-order valence-corrected chi connectivity index (χ2v) is 5.88. The van der Waals surface area contributed by atoms with E-state index < -0.39 is 10.0 Å². The summed E-state index contributed by atoms with van der Waals surface area (Å²) in [5.41, 5.74) is 5.43. The minimum absolute atomic E-state index is 0.0339. The minimum atomic E-state index is -3.84. The van der Waals surface area contributed by atoms with Gasteiger partial charge in [0.1, 0.15) is 5.75 Å². The molecular weight excluding hydrogens is 282 g/mol. The van der Waals surface area contributed by atoms with Crippen molar-refractivity contribution in [3.05, 3.63) is 46.9 Å². The fourth-order valence-corrected chi connectivity index (χ4v) is 2.65. The van der Waals surface area contributed by atoms with Crippen molar-refractivity contribution in [1.29, 1.82) is 0 Å². The molecule has 0 radical (unpaired) electrons. The Labute approximate surface area is 115 Å². The number of pyridine rings is 1. The third-order valence-electron chi connectivity index (χ3n) is 2.65.